The van der Waals surface area contributed by atoms with Crippen LogP contribution in [0.2, 0.25) is 0 Å². The van der Waals surface area contributed by atoms with E-state index in [9.17, 15) is 22.0 Å². The topological polar surface area (TPSA) is 74.7 Å². The molecular weight excluding hydrogens is 304 g/mol. The van der Waals surface area contributed by atoms with Gasteiger partial charge in [0.2, 0.25) is 9.84 Å². The third-order valence-corrected chi connectivity index (χ3v) is 4.68. The minimum atomic E-state index is -4.60. The highest BCUT2D eigenvalue weighted by atomic mass is 32.2. The van der Waals surface area contributed by atoms with E-state index in [1.807, 2.05) is 4.90 Å². The Hall–Kier alpha value is -1.70. The molecule has 0 saturated heterocycles. The summed E-state index contributed by atoms with van der Waals surface area (Å²) in [5.41, 5.74) is 0.645. The van der Waals surface area contributed by atoms with Gasteiger partial charge in [-0.1, -0.05) is 0 Å². The molecule has 1 N–H and O–H groups in total. The highest BCUT2D eigenvalue weighted by Crippen LogP contribution is 2.32. The molecular formula is C13H15F2NO4S. The van der Waals surface area contributed by atoms with E-state index in [0.29, 0.717) is 12.2 Å². The van der Waals surface area contributed by atoms with E-state index in [2.05, 4.69) is 0 Å². The van der Waals surface area contributed by atoms with Crippen molar-refractivity contribution in [3.63, 3.8) is 0 Å². The molecule has 0 radical (unpaired) electrons. The molecule has 1 aromatic rings. The van der Waals surface area contributed by atoms with E-state index in [-0.39, 0.29) is 12.5 Å². The fourth-order valence-corrected chi connectivity index (χ4v) is 2.78. The number of anilines is 1. The molecule has 1 aromatic carbocycles. The van der Waals surface area contributed by atoms with Gasteiger partial charge in [-0.05, 0) is 37.1 Å². The van der Waals surface area contributed by atoms with Crippen molar-refractivity contribution in [1.82, 2.24) is 0 Å². The molecule has 5 nitrogen and oxygen atoms in total. The van der Waals surface area contributed by atoms with Crippen molar-refractivity contribution in [3.8, 4) is 0 Å². The van der Waals surface area contributed by atoms with Crippen LogP contribution >= 0.6 is 0 Å². The number of hydrogen-bond donors (Lipinski definition) is 1. The van der Waals surface area contributed by atoms with Gasteiger partial charge in [-0.15, -0.1) is 0 Å². The number of sulfone groups is 1. The van der Waals surface area contributed by atoms with Crippen LogP contribution in [0, 0.1) is 0 Å². The smallest absolute Gasteiger partial charge is 0.341 e. The molecule has 8 heteroatoms. The molecule has 1 fully saturated rings. The standard InChI is InChI=1S/C13H15F2NO4S/c14-13(15)21(19,20)11-5-3-10(4-6-11)16(9-1-2-9)8-7-12(17)18/h3-6,9,13H,1-2,7-8H2,(H,17,18). The number of rotatable bonds is 7. The normalized spacial score (nSPS) is 15.2. The number of hydrogen-bond acceptors (Lipinski definition) is 4. The number of halogens is 2. The Labute approximate surface area is 121 Å². The fraction of sp³-hybridized carbons (Fsp3) is 0.462. The molecule has 116 valence electrons. The van der Waals surface area contributed by atoms with Gasteiger partial charge >= 0.3 is 11.7 Å². The summed E-state index contributed by atoms with van der Waals surface area (Å²) >= 11 is 0. The van der Waals surface area contributed by atoms with Gasteiger partial charge in [-0.25, -0.2) is 8.42 Å². The summed E-state index contributed by atoms with van der Waals surface area (Å²) in [7, 11) is -4.60. The second kappa shape index (κ2) is 5.97. The highest BCUT2D eigenvalue weighted by molar-refractivity contribution is 7.91. The molecule has 0 heterocycles. The first kappa shape index (κ1) is 15.7. The molecule has 1 aliphatic rings. The van der Waals surface area contributed by atoms with Gasteiger partial charge < -0.3 is 10.0 Å². The Balaban J connectivity index is 2.18. The van der Waals surface area contributed by atoms with Crippen molar-refractivity contribution in [2.24, 2.45) is 0 Å². The number of aliphatic carboxylic acids is 1. The van der Waals surface area contributed by atoms with Crippen LogP contribution in [0.5, 0.6) is 0 Å². The minimum absolute atomic E-state index is 0.0341. The minimum Gasteiger partial charge on any atom is -0.481 e. The van der Waals surface area contributed by atoms with E-state index in [1.165, 1.54) is 12.1 Å². The summed E-state index contributed by atoms with van der Waals surface area (Å²) in [6.07, 6.45) is 1.85. The Kier molecular flexibility index (Phi) is 4.46. The van der Waals surface area contributed by atoms with Crippen molar-refractivity contribution in [3.05, 3.63) is 24.3 Å². The van der Waals surface area contributed by atoms with E-state index in [4.69, 9.17) is 5.11 Å². The summed E-state index contributed by atoms with van der Waals surface area (Å²) in [4.78, 5) is 12.1. The Morgan fingerprint density at radius 3 is 2.29 bits per heavy atom. The van der Waals surface area contributed by atoms with Gasteiger partial charge in [0, 0.05) is 18.3 Å². The summed E-state index contributed by atoms with van der Waals surface area (Å²) in [5, 5.41) is 8.73. The first-order valence-electron chi connectivity index (χ1n) is 6.43. The van der Waals surface area contributed by atoms with E-state index < -0.39 is 26.5 Å². The lowest BCUT2D eigenvalue weighted by molar-refractivity contribution is -0.136. The van der Waals surface area contributed by atoms with Gasteiger partial charge in [-0.3, -0.25) is 4.79 Å². The maximum absolute atomic E-state index is 12.4. The molecule has 0 aliphatic heterocycles. The van der Waals surface area contributed by atoms with Crippen molar-refractivity contribution < 1.29 is 27.1 Å². The number of carbonyl (C=O) groups is 1. The number of alkyl halides is 2. The molecule has 0 aromatic heterocycles. The fourth-order valence-electron chi connectivity index (χ4n) is 2.05. The molecule has 0 atom stereocenters. The molecule has 2 rings (SSSR count). The summed E-state index contributed by atoms with van der Waals surface area (Å²) < 4.78 is 47.5. The van der Waals surface area contributed by atoms with Gasteiger partial charge in [0.25, 0.3) is 0 Å². The molecule has 0 unspecified atom stereocenters. The van der Waals surface area contributed by atoms with E-state index in [0.717, 1.165) is 25.0 Å². The molecule has 1 saturated carbocycles. The van der Waals surface area contributed by atoms with Crippen LogP contribution in [0.4, 0.5) is 14.5 Å². The van der Waals surface area contributed by atoms with Crippen molar-refractivity contribution in [1.29, 1.82) is 0 Å². The Morgan fingerprint density at radius 2 is 1.86 bits per heavy atom. The van der Waals surface area contributed by atoms with Crippen LogP contribution < -0.4 is 4.90 Å². The monoisotopic (exact) mass is 319 g/mol. The van der Waals surface area contributed by atoms with Gasteiger partial charge in [0.05, 0.1) is 11.3 Å². The molecule has 0 amide bonds. The van der Waals surface area contributed by atoms with Crippen LogP contribution in [0.3, 0.4) is 0 Å². The third-order valence-electron chi connectivity index (χ3n) is 3.29. The average Bonchev–Trinajstić information content (AvgIpc) is 3.23. The largest absolute Gasteiger partial charge is 0.481 e. The third kappa shape index (κ3) is 3.69. The molecule has 21 heavy (non-hydrogen) atoms. The van der Waals surface area contributed by atoms with E-state index >= 15 is 0 Å². The first-order valence-corrected chi connectivity index (χ1v) is 7.97. The number of carboxylic acids is 1. The summed E-state index contributed by atoms with van der Waals surface area (Å²) in [6.45, 7) is 0.306. The number of nitrogens with zero attached hydrogens (tertiary/aromatic N) is 1. The highest BCUT2D eigenvalue weighted by Gasteiger charge is 2.30. The molecule has 1 aliphatic carbocycles. The number of benzene rings is 1. The first-order chi connectivity index (χ1) is 9.82. The Morgan fingerprint density at radius 1 is 1.29 bits per heavy atom. The number of carboxylic acid groups (broad SMARTS) is 1. The lowest BCUT2D eigenvalue weighted by Crippen LogP contribution is -2.28. The zero-order valence-corrected chi connectivity index (χ0v) is 11.9. The van der Waals surface area contributed by atoms with E-state index in [1.54, 1.807) is 0 Å². The summed E-state index contributed by atoms with van der Waals surface area (Å²) in [5.74, 6) is -4.37. The van der Waals surface area contributed by atoms with Gasteiger partial charge in [0.1, 0.15) is 0 Å². The van der Waals surface area contributed by atoms with Crippen molar-refractivity contribution >= 4 is 21.5 Å². The maximum Gasteiger partial charge on any atom is 0.341 e. The Bertz CT molecular complexity index is 612. The second-order valence-corrected chi connectivity index (χ2v) is 6.79. The SMILES string of the molecule is O=C(O)CCN(c1ccc(S(=O)(=O)C(F)F)cc1)C1CC1. The van der Waals surface area contributed by atoms with Crippen molar-refractivity contribution in [2.45, 2.75) is 36.0 Å². The zero-order chi connectivity index (χ0) is 15.6. The van der Waals surface area contributed by atoms with Gasteiger partial charge in [-0.2, -0.15) is 8.78 Å². The molecule has 0 spiro atoms. The predicted octanol–water partition coefficient (Wildman–Crippen LogP) is 2.13. The lowest BCUT2D eigenvalue weighted by Gasteiger charge is -2.24. The predicted molar refractivity (Wildman–Crippen MR) is 72.3 cm³/mol. The zero-order valence-electron chi connectivity index (χ0n) is 11.1. The van der Waals surface area contributed by atoms with Crippen molar-refractivity contribution in [2.75, 3.05) is 11.4 Å². The van der Waals surface area contributed by atoms with Crippen LogP contribution in [0.1, 0.15) is 19.3 Å². The summed E-state index contributed by atoms with van der Waals surface area (Å²) in [6, 6.07) is 5.38. The molecule has 0 bridgehead atoms. The van der Waals surface area contributed by atoms with Crippen LogP contribution in [0.15, 0.2) is 29.2 Å². The van der Waals surface area contributed by atoms with Crippen LogP contribution in [-0.2, 0) is 14.6 Å². The van der Waals surface area contributed by atoms with Gasteiger partial charge in [0.15, 0.2) is 0 Å². The second-order valence-electron chi connectivity index (χ2n) is 4.87. The van der Waals surface area contributed by atoms with Crippen LogP contribution in [-0.4, -0.2) is 37.8 Å². The maximum atomic E-state index is 12.4. The lowest BCUT2D eigenvalue weighted by atomic mass is 10.2. The van der Waals surface area contributed by atoms with Crippen LogP contribution in [0.25, 0.3) is 0 Å². The average molecular weight is 319 g/mol. The quantitative estimate of drug-likeness (QED) is 0.833.